The Morgan fingerprint density at radius 2 is 0.735 bits per heavy atom. The highest BCUT2D eigenvalue weighted by atomic mass is 16.6. The molecule has 0 fully saturated rings. The molecule has 0 saturated heterocycles. The minimum atomic E-state index is -0.509. The lowest BCUT2D eigenvalue weighted by molar-refractivity contribution is 0.0990. The second-order valence-electron chi connectivity index (χ2n) is 7.97. The van der Waals surface area contributed by atoms with E-state index in [1.165, 1.54) is 0 Å². The number of hydrogen-bond acceptors (Lipinski definition) is 4. The van der Waals surface area contributed by atoms with Crippen LogP contribution in [0.2, 0.25) is 0 Å². The van der Waals surface area contributed by atoms with Crippen LogP contribution >= 0.6 is 0 Å². The molecule has 0 spiro atoms. The first-order valence-electron chi connectivity index (χ1n) is 11.0. The number of ether oxygens (including phenoxy) is 2. The largest absolute Gasteiger partial charge is 0.445 e. The number of nitrogens with zero attached hydrogens (tertiary/aromatic N) is 2. The van der Waals surface area contributed by atoms with Crippen molar-refractivity contribution in [3.8, 4) is 0 Å². The highest BCUT2D eigenvalue weighted by Crippen LogP contribution is 2.30. The maximum Gasteiger partial charge on any atom is 0.419 e. The fourth-order valence-electron chi connectivity index (χ4n) is 4.63. The first kappa shape index (κ1) is 20.1. The van der Waals surface area contributed by atoms with E-state index >= 15 is 0 Å². The van der Waals surface area contributed by atoms with Gasteiger partial charge in [-0.15, -0.1) is 0 Å². The van der Waals surface area contributed by atoms with E-state index in [9.17, 15) is 9.59 Å². The van der Waals surface area contributed by atoms with Gasteiger partial charge in [0.15, 0.2) is 0 Å². The molecule has 6 heteroatoms. The third-order valence-corrected chi connectivity index (χ3v) is 6.06. The lowest BCUT2D eigenvalue weighted by Gasteiger charge is -2.10. The minimum Gasteiger partial charge on any atom is -0.445 e. The van der Waals surface area contributed by atoms with Crippen LogP contribution in [0.3, 0.4) is 0 Å². The zero-order valence-electron chi connectivity index (χ0n) is 18.2. The van der Waals surface area contributed by atoms with Crippen LogP contribution in [-0.2, 0) is 9.47 Å². The van der Waals surface area contributed by atoms with Crippen molar-refractivity contribution < 1.29 is 19.1 Å². The van der Waals surface area contributed by atoms with E-state index in [4.69, 9.17) is 9.47 Å². The van der Waals surface area contributed by atoms with Crippen molar-refractivity contribution in [2.75, 3.05) is 13.2 Å². The molecular weight excluding hydrogens is 428 g/mol. The van der Waals surface area contributed by atoms with Gasteiger partial charge in [0.25, 0.3) is 0 Å². The van der Waals surface area contributed by atoms with Crippen molar-refractivity contribution >= 4 is 55.8 Å². The second kappa shape index (κ2) is 8.08. The average Bonchev–Trinajstić information content (AvgIpc) is 3.40. The van der Waals surface area contributed by atoms with Gasteiger partial charge in [-0.25, -0.2) is 18.7 Å². The molecule has 0 unspecified atom stereocenters. The highest BCUT2D eigenvalue weighted by Gasteiger charge is 2.18. The van der Waals surface area contributed by atoms with E-state index in [-0.39, 0.29) is 13.2 Å². The minimum absolute atomic E-state index is 0.0530. The first-order valence-corrected chi connectivity index (χ1v) is 11.0. The molecule has 6 aromatic rings. The molecule has 4 aromatic carbocycles. The molecule has 0 atom stereocenters. The molecular formula is C28H20N2O4. The van der Waals surface area contributed by atoms with Gasteiger partial charge < -0.3 is 9.47 Å². The maximum atomic E-state index is 13.0. The van der Waals surface area contributed by atoms with E-state index in [1.807, 2.05) is 97.1 Å². The van der Waals surface area contributed by atoms with Crippen molar-refractivity contribution in [3.05, 3.63) is 97.1 Å². The highest BCUT2D eigenvalue weighted by molar-refractivity contribution is 6.13. The quantitative estimate of drug-likeness (QED) is 0.287. The van der Waals surface area contributed by atoms with Gasteiger partial charge in [-0.2, -0.15) is 0 Å². The number of hydrogen-bond donors (Lipinski definition) is 0. The molecule has 0 N–H and O–H groups in total. The summed E-state index contributed by atoms with van der Waals surface area (Å²) in [6.45, 7) is -0.106. The number of aromatic nitrogens is 2. The van der Waals surface area contributed by atoms with Crippen LogP contribution in [0.15, 0.2) is 97.1 Å². The summed E-state index contributed by atoms with van der Waals surface area (Å²) in [6.07, 6.45) is -1.02. The Labute approximate surface area is 194 Å². The van der Waals surface area contributed by atoms with Gasteiger partial charge in [-0.05, 0) is 24.3 Å². The Bertz CT molecular complexity index is 1480. The van der Waals surface area contributed by atoms with Crippen LogP contribution < -0.4 is 0 Å². The Hall–Kier alpha value is -4.58. The summed E-state index contributed by atoms with van der Waals surface area (Å²) in [6, 6.07) is 30.8. The van der Waals surface area contributed by atoms with Gasteiger partial charge in [-0.1, -0.05) is 72.8 Å². The number of para-hydroxylation sites is 4. The van der Waals surface area contributed by atoms with Crippen molar-refractivity contribution in [2.24, 2.45) is 0 Å². The zero-order valence-corrected chi connectivity index (χ0v) is 18.2. The molecule has 34 heavy (non-hydrogen) atoms. The third kappa shape index (κ3) is 3.11. The van der Waals surface area contributed by atoms with Crippen molar-refractivity contribution in [1.29, 1.82) is 0 Å². The SMILES string of the molecule is O=C(OCCOC(=O)n1c2ccccc2c2ccccc21)n1c2ccccc2c2ccccc21. The maximum absolute atomic E-state index is 13.0. The van der Waals surface area contributed by atoms with Gasteiger partial charge in [0, 0.05) is 21.5 Å². The van der Waals surface area contributed by atoms with E-state index in [1.54, 1.807) is 9.13 Å². The van der Waals surface area contributed by atoms with Gasteiger partial charge in [0.1, 0.15) is 13.2 Å². The van der Waals surface area contributed by atoms with E-state index in [2.05, 4.69) is 0 Å². The number of carbonyl (C=O) groups excluding carboxylic acids is 2. The summed E-state index contributed by atoms with van der Waals surface area (Å²) in [7, 11) is 0. The lowest BCUT2D eigenvalue weighted by Crippen LogP contribution is -2.20. The fourth-order valence-corrected chi connectivity index (χ4v) is 4.63. The lowest BCUT2D eigenvalue weighted by atomic mass is 10.2. The van der Waals surface area contributed by atoms with Crippen LogP contribution in [0.4, 0.5) is 9.59 Å². The van der Waals surface area contributed by atoms with Gasteiger partial charge in [-0.3, -0.25) is 0 Å². The molecule has 2 aromatic heterocycles. The Morgan fingerprint density at radius 1 is 0.471 bits per heavy atom. The molecule has 0 aliphatic rings. The number of benzene rings is 4. The van der Waals surface area contributed by atoms with Crippen LogP contribution in [0.25, 0.3) is 43.6 Å². The summed E-state index contributed by atoms with van der Waals surface area (Å²) in [5.41, 5.74) is 3.10. The topological polar surface area (TPSA) is 62.5 Å². The summed E-state index contributed by atoms with van der Waals surface area (Å²) >= 11 is 0. The summed E-state index contributed by atoms with van der Waals surface area (Å²) in [4.78, 5) is 25.9. The van der Waals surface area contributed by atoms with Crippen molar-refractivity contribution in [3.63, 3.8) is 0 Å². The number of carbonyl (C=O) groups is 2. The molecule has 0 aliphatic heterocycles. The van der Waals surface area contributed by atoms with Gasteiger partial charge in [0.05, 0.1) is 22.1 Å². The molecule has 6 rings (SSSR count). The normalized spacial score (nSPS) is 11.4. The monoisotopic (exact) mass is 448 g/mol. The molecule has 166 valence electrons. The van der Waals surface area contributed by atoms with Gasteiger partial charge in [0.2, 0.25) is 0 Å². The van der Waals surface area contributed by atoms with E-state index < -0.39 is 12.2 Å². The number of fused-ring (bicyclic) bond motifs is 6. The van der Waals surface area contributed by atoms with Crippen molar-refractivity contribution in [1.82, 2.24) is 9.13 Å². The molecule has 2 heterocycles. The van der Waals surface area contributed by atoms with Crippen LogP contribution in [0.5, 0.6) is 0 Å². The molecule has 0 saturated carbocycles. The number of rotatable bonds is 3. The van der Waals surface area contributed by atoms with Crippen LogP contribution in [0.1, 0.15) is 0 Å². The molecule has 6 nitrogen and oxygen atoms in total. The summed E-state index contributed by atoms with van der Waals surface area (Å²) in [5.74, 6) is 0. The van der Waals surface area contributed by atoms with Crippen molar-refractivity contribution in [2.45, 2.75) is 0 Å². The third-order valence-electron chi connectivity index (χ3n) is 6.06. The zero-order chi connectivity index (χ0) is 23.1. The summed E-state index contributed by atoms with van der Waals surface area (Å²) in [5, 5.41) is 3.92. The Kier molecular flexibility index (Phi) is 4.77. The Balaban J connectivity index is 1.20. The molecule has 0 radical (unpaired) electrons. The predicted octanol–water partition coefficient (Wildman–Crippen LogP) is 6.57. The standard InChI is InChI=1S/C28H20N2O4/c31-27(29-23-13-5-1-9-19(23)20-10-2-6-14-24(20)29)33-17-18-34-28(32)30-25-15-7-3-11-21(25)22-12-4-8-16-26(22)30/h1-16H,17-18H2. The average molecular weight is 448 g/mol. The molecule has 0 aliphatic carbocycles. The fraction of sp³-hybridized carbons (Fsp3) is 0.0714. The smallest absolute Gasteiger partial charge is 0.419 e. The van der Waals surface area contributed by atoms with Crippen LogP contribution in [0, 0.1) is 0 Å². The first-order chi connectivity index (χ1) is 16.7. The van der Waals surface area contributed by atoms with Gasteiger partial charge >= 0.3 is 12.2 Å². The van der Waals surface area contributed by atoms with Crippen LogP contribution in [-0.4, -0.2) is 34.5 Å². The van der Waals surface area contributed by atoms with E-state index in [0.29, 0.717) is 0 Å². The predicted molar refractivity (Wildman–Crippen MR) is 132 cm³/mol. The molecule has 0 amide bonds. The second-order valence-corrected chi connectivity index (χ2v) is 7.97. The van der Waals surface area contributed by atoms with E-state index in [0.717, 1.165) is 43.6 Å². The Morgan fingerprint density at radius 3 is 1.03 bits per heavy atom. The molecule has 0 bridgehead atoms. The summed E-state index contributed by atoms with van der Waals surface area (Å²) < 4.78 is 14.1.